The van der Waals surface area contributed by atoms with Crippen LogP contribution in [0.25, 0.3) is 0 Å². The Hall–Kier alpha value is -0.120. The molecule has 0 radical (unpaired) electrons. The van der Waals surface area contributed by atoms with E-state index < -0.39 is 5.60 Å². The van der Waals surface area contributed by atoms with Crippen molar-refractivity contribution in [1.29, 1.82) is 0 Å². The zero-order chi connectivity index (χ0) is 10.7. The SMILES string of the molecule is CC1(O)CCN(CC2CCOCC2)CC1. The number of piperidine rings is 1. The van der Waals surface area contributed by atoms with Crippen LogP contribution in [0.2, 0.25) is 0 Å². The Morgan fingerprint density at radius 2 is 1.87 bits per heavy atom. The molecule has 0 atom stereocenters. The molecule has 0 aromatic rings. The van der Waals surface area contributed by atoms with Gasteiger partial charge in [-0.2, -0.15) is 0 Å². The number of aliphatic hydroxyl groups is 1. The summed E-state index contributed by atoms with van der Waals surface area (Å²) in [6, 6.07) is 0. The largest absolute Gasteiger partial charge is 0.390 e. The van der Waals surface area contributed by atoms with Crippen molar-refractivity contribution in [2.45, 2.75) is 38.2 Å². The van der Waals surface area contributed by atoms with Gasteiger partial charge in [0, 0.05) is 32.8 Å². The lowest BCUT2D eigenvalue weighted by Crippen LogP contribution is -2.44. The van der Waals surface area contributed by atoms with Crippen LogP contribution in [0.15, 0.2) is 0 Å². The molecule has 2 fully saturated rings. The minimum Gasteiger partial charge on any atom is -0.390 e. The summed E-state index contributed by atoms with van der Waals surface area (Å²) in [4.78, 5) is 2.51. The summed E-state index contributed by atoms with van der Waals surface area (Å²) in [6.07, 6.45) is 4.28. The molecule has 2 aliphatic heterocycles. The smallest absolute Gasteiger partial charge is 0.0644 e. The van der Waals surface area contributed by atoms with E-state index in [1.165, 1.54) is 19.4 Å². The van der Waals surface area contributed by atoms with Crippen molar-refractivity contribution in [2.75, 3.05) is 32.8 Å². The van der Waals surface area contributed by atoms with Crippen molar-refractivity contribution < 1.29 is 9.84 Å². The fourth-order valence-electron chi connectivity index (χ4n) is 2.51. The number of hydrogen-bond donors (Lipinski definition) is 1. The highest BCUT2D eigenvalue weighted by Gasteiger charge is 2.28. The van der Waals surface area contributed by atoms with Gasteiger partial charge in [-0.15, -0.1) is 0 Å². The van der Waals surface area contributed by atoms with E-state index in [1.54, 1.807) is 0 Å². The number of ether oxygens (including phenoxy) is 1. The van der Waals surface area contributed by atoms with E-state index in [2.05, 4.69) is 4.90 Å². The lowest BCUT2D eigenvalue weighted by atomic mass is 9.92. The normalized spacial score (nSPS) is 29.2. The first kappa shape index (κ1) is 11.4. The molecule has 2 aliphatic rings. The predicted molar refractivity (Wildman–Crippen MR) is 59.8 cm³/mol. The molecule has 0 saturated carbocycles. The van der Waals surface area contributed by atoms with Gasteiger partial charge in [-0.05, 0) is 38.5 Å². The molecule has 2 saturated heterocycles. The van der Waals surface area contributed by atoms with E-state index in [0.29, 0.717) is 0 Å². The van der Waals surface area contributed by atoms with Crippen molar-refractivity contribution in [1.82, 2.24) is 4.90 Å². The zero-order valence-corrected chi connectivity index (χ0v) is 9.74. The van der Waals surface area contributed by atoms with Crippen LogP contribution in [0.5, 0.6) is 0 Å². The molecule has 0 aromatic heterocycles. The van der Waals surface area contributed by atoms with Gasteiger partial charge >= 0.3 is 0 Å². The Labute approximate surface area is 92.4 Å². The second-order valence-corrected chi connectivity index (χ2v) is 5.35. The highest BCUT2D eigenvalue weighted by Crippen LogP contribution is 2.23. The van der Waals surface area contributed by atoms with Gasteiger partial charge in [0.15, 0.2) is 0 Å². The molecule has 88 valence electrons. The van der Waals surface area contributed by atoms with Crippen LogP contribution in [0.4, 0.5) is 0 Å². The predicted octanol–water partition coefficient (Wildman–Crippen LogP) is 1.26. The van der Waals surface area contributed by atoms with E-state index in [9.17, 15) is 5.11 Å². The highest BCUT2D eigenvalue weighted by atomic mass is 16.5. The third-order valence-corrected chi connectivity index (χ3v) is 3.79. The zero-order valence-electron chi connectivity index (χ0n) is 9.74. The van der Waals surface area contributed by atoms with E-state index in [4.69, 9.17) is 4.74 Å². The van der Waals surface area contributed by atoms with Gasteiger partial charge in [-0.25, -0.2) is 0 Å². The Morgan fingerprint density at radius 3 is 2.47 bits per heavy atom. The van der Waals surface area contributed by atoms with Crippen molar-refractivity contribution in [3.8, 4) is 0 Å². The molecule has 0 amide bonds. The van der Waals surface area contributed by atoms with E-state index in [1.807, 2.05) is 6.92 Å². The maximum atomic E-state index is 9.85. The number of hydrogen-bond acceptors (Lipinski definition) is 3. The van der Waals surface area contributed by atoms with Gasteiger partial charge in [0.25, 0.3) is 0 Å². The highest BCUT2D eigenvalue weighted by molar-refractivity contribution is 4.82. The van der Waals surface area contributed by atoms with Crippen molar-refractivity contribution in [2.24, 2.45) is 5.92 Å². The van der Waals surface area contributed by atoms with Crippen LogP contribution in [0.1, 0.15) is 32.6 Å². The van der Waals surface area contributed by atoms with Crippen LogP contribution in [0, 0.1) is 5.92 Å². The molecule has 1 N–H and O–H groups in total. The summed E-state index contributed by atoms with van der Waals surface area (Å²) in [7, 11) is 0. The molecule has 0 aromatic carbocycles. The molecular weight excluding hydrogens is 190 g/mol. The van der Waals surface area contributed by atoms with Crippen molar-refractivity contribution in [3.05, 3.63) is 0 Å². The summed E-state index contributed by atoms with van der Waals surface area (Å²) < 4.78 is 5.36. The van der Waals surface area contributed by atoms with Crippen LogP contribution in [0.3, 0.4) is 0 Å². The Bertz CT molecular complexity index is 190. The molecule has 3 nitrogen and oxygen atoms in total. The van der Waals surface area contributed by atoms with E-state index in [-0.39, 0.29) is 0 Å². The van der Waals surface area contributed by atoms with Crippen LogP contribution in [-0.2, 0) is 4.74 Å². The maximum Gasteiger partial charge on any atom is 0.0644 e. The van der Waals surface area contributed by atoms with Gasteiger partial charge in [-0.1, -0.05) is 0 Å². The van der Waals surface area contributed by atoms with Gasteiger partial charge < -0.3 is 14.7 Å². The first-order chi connectivity index (χ1) is 7.16. The molecule has 2 rings (SSSR count). The first-order valence-electron chi connectivity index (χ1n) is 6.18. The summed E-state index contributed by atoms with van der Waals surface area (Å²) in [5, 5.41) is 9.85. The topological polar surface area (TPSA) is 32.7 Å². The lowest BCUT2D eigenvalue weighted by molar-refractivity contribution is -0.0159. The molecular formula is C12H23NO2. The fourth-order valence-corrected chi connectivity index (χ4v) is 2.51. The van der Waals surface area contributed by atoms with E-state index in [0.717, 1.165) is 45.1 Å². The second-order valence-electron chi connectivity index (χ2n) is 5.35. The second kappa shape index (κ2) is 4.81. The average molecular weight is 213 g/mol. The summed E-state index contributed by atoms with van der Waals surface area (Å²) in [5.74, 6) is 0.821. The third-order valence-electron chi connectivity index (χ3n) is 3.79. The molecule has 0 aliphatic carbocycles. The number of rotatable bonds is 2. The van der Waals surface area contributed by atoms with Crippen molar-refractivity contribution in [3.63, 3.8) is 0 Å². The number of nitrogens with zero attached hydrogens (tertiary/aromatic N) is 1. The molecule has 0 unspecified atom stereocenters. The van der Waals surface area contributed by atoms with Crippen molar-refractivity contribution >= 4 is 0 Å². The lowest BCUT2D eigenvalue weighted by Gasteiger charge is -2.38. The molecule has 2 heterocycles. The third kappa shape index (κ3) is 3.44. The summed E-state index contributed by atoms with van der Waals surface area (Å²) in [5.41, 5.74) is -0.411. The summed E-state index contributed by atoms with van der Waals surface area (Å²) >= 11 is 0. The summed E-state index contributed by atoms with van der Waals surface area (Å²) in [6.45, 7) is 7.17. The monoisotopic (exact) mass is 213 g/mol. The van der Waals surface area contributed by atoms with E-state index >= 15 is 0 Å². The minimum atomic E-state index is -0.411. The quantitative estimate of drug-likeness (QED) is 0.749. The maximum absolute atomic E-state index is 9.85. The average Bonchev–Trinajstić information content (AvgIpc) is 2.23. The van der Waals surface area contributed by atoms with Gasteiger partial charge in [0.2, 0.25) is 0 Å². The van der Waals surface area contributed by atoms with Gasteiger partial charge in [0.1, 0.15) is 0 Å². The number of likely N-dealkylation sites (tertiary alicyclic amines) is 1. The molecule has 15 heavy (non-hydrogen) atoms. The van der Waals surface area contributed by atoms with Crippen LogP contribution >= 0.6 is 0 Å². The van der Waals surface area contributed by atoms with Crippen LogP contribution < -0.4 is 0 Å². The Kier molecular flexibility index (Phi) is 3.65. The van der Waals surface area contributed by atoms with Gasteiger partial charge in [0.05, 0.1) is 5.60 Å². The standard InChI is InChI=1S/C12H23NO2/c1-12(14)4-6-13(7-5-12)10-11-2-8-15-9-3-11/h11,14H,2-10H2,1H3. The van der Waals surface area contributed by atoms with Gasteiger partial charge in [-0.3, -0.25) is 0 Å². The first-order valence-corrected chi connectivity index (χ1v) is 6.18. The fraction of sp³-hybridized carbons (Fsp3) is 1.00. The molecule has 0 spiro atoms. The Balaban J connectivity index is 1.71. The minimum absolute atomic E-state index is 0.411. The molecule has 0 bridgehead atoms. The van der Waals surface area contributed by atoms with Crippen LogP contribution in [-0.4, -0.2) is 48.5 Å². The Morgan fingerprint density at radius 1 is 1.27 bits per heavy atom. The molecule has 3 heteroatoms.